The molecule has 24 heavy (non-hydrogen) atoms. The fourth-order valence-electron chi connectivity index (χ4n) is 3.08. The Hall–Kier alpha value is -1.62. The van der Waals surface area contributed by atoms with Gasteiger partial charge in [0, 0.05) is 41.7 Å². The van der Waals surface area contributed by atoms with Gasteiger partial charge < -0.3 is 15.2 Å². The second kappa shape index (κ2) is 8.47. The Kier molecular flexibility index (Phi) is 6.07. The zero-order valence-corrected chi connectivity index (χ0v) is 14.4. The minimum absolute atomic E-state index is 0.139. The van der Waals surface area contributed by atoms with Crippen molar-refractivity contribution < 1.29 is 9.84 Å². The molecule has 0 aliphatic carbocycles. The van der Waals surface area contributed by atoms with E-state index in [9.17, 15) is 5.11 Å². The summed E-state index contributed by atoms with van der Waals surface area (Å²) in [4.78, 5) is 4.35. The van der Waals surface area contributed by atoms with E-state index in [0.29, 0.717) is 11.6 Å². The number of pyridine rings is 1. The van der Waals surface area contributed by atoms with Crippen molar-refractivity contribution in [3.8, 4) is 5.75 Å². The molecule has 1 aliphatic heterocycles. The van der Waals surface area contributed by atoms with Crippen molar-refractivity contribution in [2.75, 3.05) is 19.8 Å². The predicted octanol–water partition coefficient (Wildman–Crippen LogP) is 3.39. The zero-order valence-electron chi connectivity index (χ0n) is 13.6. The first-order chi connectivity index (χ1) is 11.8. The van der Waals surface area contributed by atoms with Crippen LogP contribution >= 0.6 is 11.6 Å². The summed E-state index contributed by atoms with van der Waals surface area (Å²) in [7, 11) is 0. The SMILES string of the molecule is OC[C@H](CN[C@H]1CCCOc2cc(Cl)ccc21)Cc1ccccn1. The molecule has 4 nitrogen and oxygen atoms in total. The number of aliphatic hydroxyl groups is 1. The van der Waals surface area contributed by atoms with E-state index in [1.54, 1.807) is 6.20 Å². The Morgan fingerprint density at radius 3 is 3.04 bits per heavy atom. The molecule has 2 heterocycles. The van der Waals surface area contributed by atoms with Gasteiger partial charge in [-0.2, -0.15) is 0 Å². The number of ether oxygens (including phenoxy) is 1. The van der Waals surface area contributed by atoms with Crippen LogP contribution in [0.25, 0.3) is 0 Å². The lowest BCUT2D eigenvalue weighted by molar-refractivity contribution is 0.216. The van der Waals surface area contributed by atoms with Gasteiger partial charge in [0.15, 0.2) is 0 Å². The number of aliphatic hydroxyl groups excluding tert-OH is 1. The van der Waals surface area contributed by atoms with Gasteiger partial charge in [-0.05, 0) is 49.4 Å². The van der Waals surface area contributed by atoms with Gasteiger partial charge >= 0.3 is 0 Å². The first-order valence-corrected chi connectivity index (χ1v) is 8.80. The molecule has 2 aromatic rings. The number of rotatable bonds is 6. The second-order valence-corrected chi connectivity index (χ2v) is 6.64. The Bertz CT molecular complexity index is 651. The lowest BCUT2D eigenvalue weighted by Crippen LogP contribution is -2.30. The predicted molar refractivity (Wildman–Crippen MR) is 95.4 cm³/mol. The van der Waals surface area contributed by atoms with Crippen LogP contribution in [0.15, 0.2) is 42.6 Å². The van der Waals surface area contributed by atoms with Gasteiger partial charge in [-0.1, -0.05) is 23.7 Å². The highest BCUT2D eigenvalue weighted by molar-refractivity contribution is 6.30. The van der Waals surface area contributed by atoms with E-state index in [0.717, 1.165) is 42.8 Å². The molecule has 2 N–H and O–H groups in total. The van der Waals surface area contributed by atoms with Crippen LogP contribution in [0.4, 0.5) is 0 Å². The molecule has 0 saturated carbocycles. The van der Waals surface area contributed by atoms with Crippen molar-refractivity contribution in [3.05, 3.63) is 58.9 Å². The average molecular weight is 347 g/mol. The molecular formula is C19H23ClN2O2. The normalized spacial score (nSPS) is 18.3. The summed E-state index contributed by atoms with van der Waals surface area (Å²) in [5.74, 6) is 1.00. The molecule has 1 aliphatic rings. The Labute approximate surface area is 147 Å². The summed E-state index contributed by atoms with van der Waals surface area (Å²) in [5.41, 5.74) is 2.15. The standard InChI is InChI=1S/C19H23ClN2O2/c20-15-6-7-17-18(5-3-9-24-19(17)11-15)22-12-14(13-23)10-16-4-1-2-8-21-16/h1-2,4,6-8,11,14,18,22-23H,3,5,9-10,12-13H2/t14-,18-/m0/s1. The van der Waals surface area contributed by atoms with Crippen molar-refractivity contribution >= 4 is 11.6 Å². The number of fused-ring (bicyclic) bond motifs is 1. The summed E-state index contributed by atoms with van der Waals surface area (Å²) in [6.07, 6.45) is 4.56. The Morgan fingerprint density at radius 1 is 1.33 bits per heavy atom. The topological polar surface area (TPSA) is 54.4 Å². The molecule has 0 fully saturated rings. The summed E-state index contributed by atoms with van der Waals surface area (Å²) in [6, 6.07) is 11.9. The van der Waals surface area contributed by atoms with Crippen molar-refractivity contribution in [3.63, 3.8) is 0 Å². The maximum absolute atomic E-state index is 9.69. The van der Waals surface area contributed by atoms with Gasteiger partial charge in [0.05, 0.1) is 6.61 Å². The van der Waals surface area contributed by atoms with Crippen LogP contribution in [-0.4, -0.2) is 29.8 Å². The summed E-state index contributed by atoms with van der Waals surface area (Å²) >= 11 is 6.08. The van der Waals surface area contributed by atoms with Crippen molar-refractivity contribution in [1.82, 2.24) is 10.3 Å². The smallest absolute Gasteiger partial charge is 0.125 e. The van der Waals surface area contributed by atoms with Gasteiger partial charge in [-0.15, -0.1) is 0 Å². The molecule has 0 amide bonds. The first-order valence-electron chi connectivity index (χ1n) is 8.42. The van der Waals surface area contributed by atoms with Crippen LogP contribution in [0, 0.1) is 5.92 Å². The fraction of sp³-hybridized carbons (Fsp3) is 0.421. The van der Waals surface area contributed by atoms with Crippen molar-refractivity contribution in [2.24, 2.45) is 5.92 Å². The van der Waals surface area contributed by atoms with Crippen LogP contribution in [0.5, 0.6) is 5.75 Å². The third kappa shape index (κ3) is 4.47. The van der Waals surface area contributed by atoms with E-state index < -0.39 is 0 Å². The van der Waals surface area contributed by atoms with E-state index in [-0.39, 0.29) is 18.6 Å². The molecule has 3 rings (SSSR count). The highest BCUT2D eigenvalue weighted by Gasteiger charge is 2.21. The summed E-state index contributed by atoms with van der Waals surface area (Å²) < 4.78 is 5.80. The molecule has 2 atom stereocenters. The number of halogens is 1. The number of nitrogens with zero attached hydrogens (tertiary/aromatic N) is 1. The molecule has 0 unspecified atom stereocenters. The van der Waals surface area contributed by atoms with Crippen molar-refractivity contribution in [2.45, 2.75) is 25.3 Å². The third-order valence-corrected chi connectivity index (χ3v) is 4.62. The highest BCUT2D eigenvalue weighted by Crippen LogP contribution is 2.33. The zero-order chi connectivity index (χ0) is 16.8. The van der Waals surface area contributed by atoms with Gasteiger partial charge in [0.2, 0.25) is 0 Å². The number of hydrogen-bond donors (Lipinski definition) is 2. The minimum Gasteiger partial charge on any atom is -0.493 e. The number of aromatic nitrogens is 1. The number of hydrogen-bond acceptors (Lipinski definition) is 4. The largest absolute Gasteiger partial charge is 0.493 e. The van der Waals surface area contributed by atoms with E-state index >= 15 is 0 Å². The molecular weight excluding hydrogens is 324 g/mol. The quantitative estimate of drug-likeness (QED) is 0.841. The van der Waals surface area contributed by atoms with E-state index in [4.69, 9.17) is 16.3 Å². The summed E-state index contributed by atoms with van der Waals surface area (Å²) in [5, 5.41) is 14.0. The highest BCUT2D eigenvalue weighted by atomic mass is 35.5. The van der Waals surface area contributed by atoms with Gasteiger partial charge in [0.1, 0.15) is 5.75 Å². The van der Waals surface area contributed by atoms with E-state index in [1.165, 1.54) is 0 Å². The first kappa shape index (κ1) is 17.2. The second-order valence-electron chi connectivity index (χ2n) is 6.21. The van der Waals surface area contributed by atoms with Crippen LogP contribution < -0.4 is 10.1 Å². The van der Waals surface area contributed by atoms with Crippen LogP contribution in [0.3, 0.4) is 0 Å². The Morgan fingerprint density at radius 2 is 2.25 bits per heavy atom. The van der Waals surface area contributed by atoms with Crippen LogP contribution in [-0.2, 0) is 6.42 Å². The van der Waals surface area contributed by atoms with Crippen molar-refractivity contribution in [1.29, 1.82) is 0 Å². The average Bonchev–Trinajstić information content (AvgIpc) is 2.81. The van der Waals surface area contributed by atoms with Crippen LogP contribution in [0.2, 0.25) is 5.02 Å². The lowest BCUT2D eigenvalue weighted by atomic mass is 9.99. The monoisotopic (exact) mass is 346 g/mol. The minimum atomic E-state index is 0.139. The molecule has 0 bridgehead atoms. The molecule has 1 aromatic carbocycles. The van der Waals surface area contributed by atoms with Gasteiger partial charge in [0.25, 0.3) is 0 Å². The number of nitrogens with one attached hydrogen (secondary N) is 1. The van der Waals surface area contributed by atoms with Gasteiger partial charge in [-0.25, -0.2) is 0 Å². The van der Waals surface area contributed by atoms with Gasteiger partial charge in [-0.3, -0.25) is 4.98 Å². The molecule has 1 aromatic heterocycles. The number of benzene rings is 1. The third-order valence-electron chi connectivity index (χ3n) is 4.38. The molecule has 5 heteroatoms. The summed E-state index contributed by atoms with van der Waals surface area (Å²) in [6.45, 7) is 1.59. The van der Waals surface area contributed by atoms with E-state index in [1.807, 2.05) is 36.4 Å². The molecule has 0 spiro atoms. The molecule has 128 valence electrons. The maximum atomic E-state index is 9.69. The molecule has 0 radical (unpaired) electrons. The Balaban J connectivity index is 1.65. The van der Waals surface area contributed by atoms with Crippen LogP contribution in [0.1, 0.15) is 30.1 Å². The van der Waals surface area contributed by atoms with E-state index in [2.05, 4.69) is 10.3 Å². The lowest BCUT2D eigenvalue weighted by Gasteiger charge is -2.22. The fourth-order valence-corrected chi connectivity index (χ4v) is 3.25. The molecule has 0 saturated heterocycles. The maximum Gasteiger partial charge on any atom is 0.125 e.